The molecule has 1 heterocycles. The maximum Gasteiger partial charge on any atom is 0.494 e. The van der Waals surface area contributed by atoms with Gasteiger partial charge in [-0.3, -0.25) is 0 Å². The summed E-state index contributed by atoms with van der Waals surface area (Å²) in [6.45, 7) is 8.40. The normalized spacial score (nSPS) is 20.8. The van der Waals surface area contributed by atoms with Crippen LogP contribution in [-0.2, 0) is 9.31 Å². The van der Waals surface area contributed by atoms with E-state index in [0.29, 0.717) is 11.4 Å². The monoisotopic (exact) mass is 394 g/mol. The van der Waals surface area contributed by atoms with Crippen LogP contribution in [0.3, 0.4) is 0 Å². The quantitative estimate of drug-likeness (QED) is 0.562. The van der Waals surface area contributed by atoms with E-state index in [0.717, 1.165) is 11.4 Å². The largest absolute Gasteiger partial charge is 0.494 e. The lowest BCUT2D eigenvalue weighted by Crippen LogP contribution is -2.41. The fourth-order valence-corrected chi connectivity index (χ4v) is 3.85. The van der Waals surface area contributed by atoms with Crippen molar-refractivity contribution in [3.05, 3.63) is 54.1 Å². The average molecular weight is 394 g/mol. The van der Waals surface area contributed by atoms with Crippen LogP contribution in [0.4, 0.5) is 11.4 Å². The zero-order chi connectivity index (χ0) is 21.1. The number of benzene rings is 2. The molecule has 2 aromatic carbocycles. The molecule has 0 radical (unpaired) electrons. The van der Waals surface area contributed by atoms with Gasteiger partial charge in [-0.15, -0.1) is 0 Å². The molecule has 2 aliphatic rings. The topological polar surface area (TPSA) is 70.5 Å². The molecule has 0 spiro atoms. The van der Waals surface area contributed by atoms with Gasteiger partial charge in [0.15, 0.2) is 0 Å². The van der Waals surface area contributed by atoms with Crippen molar-refractivity contribution in [1.82, 2.24) is 0 Å². The zero-order valence-electron chi connectivity index (χ0n) is 18.3. The molecule has 156 valence electrons. The first-order valence-electron chi connectivity index (χ1n) is 10.7. The van der Waals surface area contributed by atoms with Crippen molar-refractivity contribution < 1.29 is 9.31 Å². The van der Waals surface area contributed by atoms with Gasteiger partial charge in [0.1, 0.15) is 0 Å². The molecule has 5 heteroatoms. The van der Waals surface area contributed by atoms with Gasteiger partial charge in [0, 0.05) is 0 Å². The molecule has 1 aliphatic heterocycles. The average Bonchev–Trinajstić information content (AvgIpc) is 2.93. The third kappa shape index (κ3) is 5.15. The van der Waals surface area contributed by atoms with E-state index < -0.39 is 0 Å². The summed E-state index contributed by atoms with van der Waals surface area (Å²) in [5.41, 5.74) is 14.2. The Morgan fingerprint density at radius 2 is 1.24 bits per heavy atom. The standard InChI is InChI=1S/C18H27BO2.C6H8N2/c1-17(2)18(3,4)21-19(20-17)16-12-10-15(11-13-16)14-8-6-5-7-9-14;7-5-3-1-2-4-6(5)8/h10-14H,5-9H2,1-4H3;1-4H,7-8H2. The highest BCUT2D eigenvalue weighted by molar-refractivity contribution is 6.62. The summed E-state index contributed by atoms with van der Waals surface area (Å²) < 4.78 is 12.2. The summed E-state index contributed by atoms with van der Waals surface area (Å²) in [5.74, 6) is 0.756. The minimum absolute atomic E-state index is 0.240. The van der Waals surface area contributed by atoms with Crippen molar-refractivity contribution >= 4 is 24.0 Å². The smallest absolute Gasteiger partial charge is 0.399 e. The molecule has 0 aromatic heterocycles. The number of hydrogen-bond donors (Lipinski definition) is 2. The molecule has 0 amide bonds. The molecule has 2 aromatic rings. The predicted molar refractivity (Wildman–Crippen MR) is 123 cm³/mol. The summed E-state index contributed by atoms with van der Waals surface area (Å²) in [5, 5.41) is 0. The molecular formula is C24H35BN2O2. The van der Waals surface area contributed by atoms with Crippen LogP contribution < -0.4 is 16.9 Å². The van der Waals surface area contributed by atoms with Crippen LogP contribution in [0, 0.1) is 0 Å². The molecule has 0 atom stereocenters. The summed E-state index contributed by atoms with van der Waals surface area (Å²) in [6, 6.07) is 16.2. The van der Waals surface area contributed by atoms with E-state index in [-0.39, 0.29) is 18.3 Å². The predicted octanol–water partition coefficient (Wildman–Crippen LogP) is 4.88. The summed E-state index contributed by atoms with van der Waals surface area (Å²) in [7, 11) is -0.240. The molecule has 4 rings (SSSR count). The van der Waals surface area contributed by atoms with Gasteiger partial charge in [-0.2, -0.15) is 0 Å². The van der Waals surface area contributed by atoms with Gasteiger partial charge in [0.05, 0.1) is 22.6 Å². The first-order chi connectivity index (χ1) is 13.7. The van der Waals surface area contributed by atoms with E-state index in [1.54, 1.807) is 12.1 Å². The van der Waals surface area contributed by atoms with Crippen LogP contribution in [0.2, 0.25) is 0 Å². The Kier molecular flexibility index (Phi) is 6.60. The van der Waals surface area contributed by atoms with Crippen LogP contribution >= 0.6 is 0 Å². The van der Waals surface area contributed by atoms with Gasteiger partial charge in [-0.25, -0.2) is 0 Å². The third-order valence-corrected chi connectivity index (χ3v) is 6.53. The first-order valence-corrected chi connectivity index (χ1v) is 10.7. The van der Waals surface area contributed by atoms with E-state index in [9.17, 15) is 0 Å². The summed E-state index contributed by atoms with van der Waals surface area (Å²) in [4.78, 5) is 0. The lowest BCUT2D eigenvalue weighted by atomic mass is 9.77. The van der Waals surface area contributed by atoms with E-state index in [1.165, 1.54) is 37.7 Å². The fourth-order valence-electron chi connectivity index (χ4n) is 3.85. The van der Waals surface area contributed by atoms with Crippen LogP contribution in [0.5, 0.6) is 0 Å². The Morgan fingerprint density at radius 1 is 0.759 bits per heavy atom. The minimum atomic E-state index is -0.264. The Labute approximate surface area is 176 Å². The Morgan fingerprint density at radius 3 is 1.69 bits per heavy atom. The number of rotatable bonds is 2. The third-order valence-electron chi connectivity index (χ3n) is 6.53. The second-order valence-electron chi connectivity index (χ2n) is 9.22. The lowest BCUT2D eigenvalue weighted by molar-refractivity contribution is 0.00578. The minimum Gasteiger partial charge on any atom is -0.399 e. The zero-order valence-corrected chi connectivity index (χ0v) is 18.3. The van der Waals surface area contributed by atoms with Crippen molar-refractivity contribution in [2.75, 3.05) is 11.5 Å². The number of nitrogen functional groups attached to an aromatic ring is 2. The van der Waals surface area contributed by atoms with Gasteiger partial charge >= 0.3 is 7.12 Å². The van der Waals surface area contributed by atoms with E-state index >= 15 is 0 Å². The first kappa shape index (κ1) is 21.7. The van der Waals surface area contributed by atoms with Gasteiger partial charge in [0.25, 0.3) is 0 Å². The molecular weight excluding hydrogens is 359 g/mol. The van der Waals surface area contributed by atoms with Crippen LogP contribution in [0.15, 0.2) is 48.5 Å². The Bertz CT molecular complexity index is 762. The van der Waals surface area contributed by atoms with Crippen molar-refractivity contribution in [2.24, 2.45) is 0 Å². The van der Waals surface area contributed by atoms with Gasteiger partial charge in [-0.05, 0) is 69.6 Å². The number of nitrogens with two attached hydrogens (primary N) is 2. The summed E-state index contributed by atoms with van der Waals surface area (Å²) >= 11 is 0. The van der Waals surface area contributed by atoms with E-state index in [2.05, 4.69) is 52.0 Å². The number of para-hydroxylation sites is 2. The molecule has 1 saturated carbocycles. The molecule has 2 fully saturated rings. The second kappa shape index (κ2) is 8.80. The highest BCUT2D eigenvalue weighted by Crippen LogP contribution is 2.37. The van der Waals surface area contributed by atoms with Crippen molar-refractivity contribution in [3.63, 3.8) is 0 Å². The van der Waals surface area contributed by atoms with Crippen molar-refractivity contribution in [2.45, 2.75) is 76.9 Å². The van der Waals surface area contributed by atoms with E-state index in [4.69, 9.17) is 20.8 Å². The molecule has 4 nitrogen and oxygen atoms in total. The van der Waals surface area contributed by atoms with Crippen LogP contribution in [0.25, 0.3) is 0 Å². The molecule has 4 N–H and O–H groups in total. The van der Waals surface area contributed by atoms with Crippen molar-refractivity contribution in [3.8, 4) is 0 Å². The molecule has 1 aliphatic carbocycles. The molecule has 1 saturated heterocycles. The van der Waals surface area contributed by atoms with Crippen LogP contribution in [-0.4, -0.2) is 18.3 Å². The number of anilines is 2. The fraction of sp³-hybridized carbons (Fsp3) is 0.500. The lowest BCUT2D eigenvalue weighted by Gasteiger charge is -2.32. The Balaban J connectivity index is 0.000000252. The van der Waals surface area contributed by atoms with Crippen molar-refractivity contribution in [1.29, 1.82) is 0 Å². The molecule has 0 bridgehead atoms. The van der Waals surface area contributed by atoms with E-state index in [1.807, 2.05) is 12.1 Å². The highest BCUT2D eigenvalue weighted by atomic mass is 16.7. The van der Waals surface area contributed by atoms with Crippen LogP contribution in [0.1, 0.15) is 71.3 Å². The van der Waals surface area contributed by atoms with Gasteiger partial charge in [0.2, 0.25) is 0 Å². The maximum absolute atomic E-state index is 6.11. The van der Waals surface area contributed by atoms with Gasteiger partial charge < -0.3 is 20.8 Å². The van der Waals surface area contributed by atoms with Gasteiger partial charge in [-0.1, -0.05) is 55.7 Å². The molecule has 0 unspecified atom stereocenters. The SMILES string of the molecule is CC1(C)OB(c2ccc(C3CCCCC3)cc2)OC1(C)C.Nc1ccccc1N. The Hall–Kier alpha value is -1.98. The second-order valence-corrected chi connectivity index (χ2v) is 9.22. The maximum atomic E-state index is 6.11. The molecule has 29 heavy (non-hydrogen) atoms. The summed E-state index contributed by atoms with van der Waals surface area (Å²) in [6.07, 6.45) is 6.85. The number of hydrogen-bond acceptors (Lipinski definition) is 4. The highest BCUT2D eigenvalue weighted by Gasteiger charge is 2.51.